The van der Waals surface area contributed by atoms with Gasteiger partial charge in [0.1, 0.15) is 11.6 Å². The fourth-order valence-electron chi connectivity index (χ4n) is 1.91. The Morgan fingerprint density at radius 2 is 2.18 bits per heavy atom. The number of nitriles is 1. The van der Waals surface area contributed by atoms with Crippen LogP contribution in [-0.4, -0.2) is 23.9 Å². The first kappa shape index (κ1) is 11.9. The van der Waals surface area contributed by atoms with E-state index in [2.05, 4.69) is 0 Å². The average Bonchev–Trinajstić information content (AvgIpc) is 2.96. The molecule has 1 fully saturated rings. The summed E-state index contributed by atoms with van der Waals surface area (Å²) in [5.74, 6) is -0.129. The number of rotatable bonds is 2. The maximum atomic E-state index is 12.0. The molecule has 0 spiro atoms. The van der Waals surface area contributed by atoms with Crippen molar-refractivity contribution in [3.8, 4) is 6.07 Å². The number of carbonyl (C=O) groups excluding carboxylic acids is 1. The highest BCUT2D eigenvalue weighted by Crippen LogP contribution is 2.20. The van der Waals surface area contributed by atoms with E-state index in [9.17, 15) is 4.79 Å². The lowest BCUT2D eigenvalue weighted by Gasteiger charge is -2.13. The molecule has 0 unspecified atom stereocenters. The normalized spacial score (nSPS) is 16.0. The monoisotopic (exact) mass is 246 g/mol. The van der Waals surface area contributed by atoms with E-state index in [4.69, 9.17) is 5.26 Å². The molecule has 1 aromatic heterocycles. The summed E-state index contributed by atoms with van der Waals surface area (Å²) >= 11 is 1.59. The number of nitrogens with zero attached hydrogens (tertiary/aromatic N) is 2. The van der Waals surface area contributed by atoms with Gasteiger partial charge in [0, 0.05) is 22.8 Å². The van der Waals surface area contributed by atoms with Gasteiger partial charge < -0.3 is 4.90 Å². The first-order valence-electron chi connectivity index (χ1n) is 5.68. The van der Waals surface area contributed by atoms with Crippen LogP contribution in [0, 0.1) is 18.3 Å². The molecule has 1 aromatic rings. The van der Waals surface area contributed by atoms with Crippen LogP contribution in [0.25, 0.3) is 6.08 Å². The van der Waals surface area contributed by atoms with Gasteiger partial charge in [0.15, 0.2) is 0 Å². The molecule has 2 heterocycles. The zero-order chi connectivity index (χ0) is 12.3. The predicted molar refractivity (Wildman–Crippen MR) is 68.5 cm³/mol. The van der Waals surface area contributed by atoms with Crippen molar-refractivity contribution in [1.29, 1.82) is 5.26 Å². The first-order chi connectivity index (χ1) is 8.20. The summed E-state index contributed by atoms with van der Waals surface area (Å²) in [6, 6.07) is 5.94. The summed E-state index contributed by atoms with van der Waals surface area (Å²) in [6.07, 6.45) is 3.78. The van der Waals surface area contributed by atoms with Gasteiger partial charge in [0.05, 0.1) is 0 Å². The molecule has 0 saturated carbocycles. The Morgan fingerprint density at radius 3 is 2.71 bits per heavy atom. The number of aryl methyl sites for hydroxylation is 1. The lowest BCUT2D eigenvalue weighted by atomic mass is 10.2. The first-order valence-corrected chi connectivity index (χ1v) is 6.50. The third-order valence-electron chi connectivity index (χ3n) is 2.79. The van der Waals surface area contributed by atoms with Crippen molar-refractivity contribution in [2.75, 3.05) is 13.1 Å². The second-order valence-electron chi connectivity index (χ2n) is 4.12. The third-order valence-corrected chi connectivity index (χ3v) is 3.74. The Balaban J connectivity index is 2.18. The largest absolute Gasteiger partial charge is 0.338 e. The molecule has 0 aliphatic carbocycles. The van der Waals surface area contributed by atoms with E-state index < -0.39 is 0 Å². The second kappa shape index (κ2) is 5.15. The summed E-state index contributed by atoms with van der Waals surface area (Å²) in [4.78, 5) is 15.9. The van der Waals surface area contributed by atoms with E-state index in [1.807, 2.05) is 25.1 Å². The van der Waals surface area contributed by atoms with E-state index in [0.29, 0.717) is 0 Å². The molecule has 1 saturated heterocycles. The molecule has 1 amide bonds. The topological polar surface area (TPSA) is 44.1 Å². The molecule has 0 radical (unpaired) electrons. The average molecular weight is 246 g/mol. The zero-order valence-electron chi connectivity index (χ0n) is 9.77. The third kappa shape index (κ3) is 2.75. The Kier molecular flexibility index (Phi) is 3.60. The van der Waals surface area contributed by atoms with Crippen LogP contribution in [-0.2, 0) is 4.79 Å². The zero-order valence-corrected chi connectivity index (χ0v) is 10.6. The molecule has 88 valence electrons. The molecule has 1 aliphatic rings. The fraction of sp³-hybridized carbons (Fsp3) is 0.385. The van der Waals surface area contributed by atoms with Crippen molar-refractivity contribution < 1.29 is 4.79 Å². The van der Waals surface area contributed by atoms with Gasteiger partial charge in [0.2, 0.25) is 0 Å². The molecule has 0 N–H and O–H groups in total. The highest BCUT2D eigenvalue weighted by atomic mass is 32.1. The van der Waals surface area contributed by atoms with Crippen LogP contribution in [0.2, 0.25) is 0 Å². The quantitative estimate of drug-likeness (QED) is 0.594. The van der Waals surface area contributed by atoms with Gasteiger partial charge in [-0.2, -0.15) is 5.26 Å². The van der Waals surface area contributed by atoms with Crippen molar-refractivity contribution in [2.24, 2.45) is 0 Å². The van der Waals surface area contributed by atoms with Crippen LogP contribution < -0.4 is 0 Å². The molecular weight excluding hydrogens is 232 g/mol. The number of thiophene rings is 1. The Bertz CT molecular complexity index is 490. The van der Waals surface area contributed by atoms with Gasteiger partial charge in [-0.15, -0.1) is 11.3 Å². The Labute approximate surface area is 105 Å². The highest BCUT2D eigenvalue weighted by Gasteiger charge is 2.21. The van der Waals surface area contributed by atoms with Crippen LogP contribution in [0.1, 0.15) is 22.6 Å². The van der Waals surface area contributed by atoms with E-state index in [1.165, 1.54) is 4.88 Å². The highest BCUT2D eigenvalue weighted by molar-refractivity contribution is 7.12. The molecule has 2 rings (SSSR count). The Morgan fingerprint density at radius 1 is 1.47 bits per heavy atom. The minimum absolute atomic E-state index is 0.129. The van der Waals surface area contributed by atoms with E-state index in [1.54, 1.807) is 22.3 Å². The van der Waals surface area contributed by atoms with E-state index >= 15 is 0 Å². The minimum atomic E-state index is -0.129. The lowest BCUT2D eigenvalue weighted by molar-refractivity contribution is -0.125. The molecule has 0 bridgehead atoms. The predicted octanol–water partition coefficient (Wildman–Crippen LogP) is 2.59. The summed E-state index contributed by atoms with van der Waals surface area (Å²) in [5, 5.41) is 9.06. The van der Waals surface area contributed by atoms with Gasteiger partial charge in [-0.1, -0.05) is 0 Å². The number of carbonyl (C=O) groups is 1. The molecule has 0 aromatic carbocycles. The van der Waals surface area contributed by atoms with Crippen LogP contribution in [0.5, 0.6) is 0 Å². The minimum Gasteiger partial charge on any atom is -0.338 e. The standard InChI is InChI=1S/C13H14N2OS/c1-10-4-5-12(17-10)8-11(9-14)13(16)15-6-2-3-7-15/h4-5,8H,2-3,6-7H2,1H3/b11-8+. The Hall–Kier alpha value is -1.60. The maximum Gasteiger partial charge on any atom is 0.264 e. The summed E-state index contributed by atoms with van der Waals surface area (Å²) < 4.78 is 0. The van der Waals surface area contributed by atoms with Crippen LogP contribution in [0.3, 0.4) is 0 Å². The molecule has 0 atom stereocenters. The van der Waals surface area contributed by atoms with Crippen molar-refractivity contribution >= 4 is 23.3 Å². The number of hydrogen-bond donors (Lipinski definition) is 0. The smallest absolute Gasteiger partial charge is 0.264 e. The number of amides is 1. The van der Waals surface area contributed by atoms with Gasteiger partial charge in [-0.25, -0.2) is 0 Å². The van der Waals surface area contributed by atoms with Crippen molar-refractivity contribution in [3.05, 3.63) is 27.5 Å². The SMILES string of the molecule is Cc1ccc(/C=C(\C#N)C(=O)N2CCCC2)s1. The van der Waals surface area contributed by atoms with Crippen LogP contribution in [0.15, 0.2) is 17.7 Å². The lowest BCUT2D eigenvalue weighted by Crippen LogP contribution is -2.28. The molecule has 4 heteroatoms. The molecular formula is C13H14N2OS. The number of hydrogen-bond acceptors (Lipinski definition) is 3. The maximum absolute atomic E-state index is 12.0. The molecule has 3 nitrogen and oxygen atoms in total. The fourth-order valence-corrected chi connectivity index (χ4v) is 2.73. The van der Waals surface area contributed by atoms with Gasteiger partial charge in [-0.3, -0.25) is 4.79 Å². The van der Waals surface area contributed by atoms with Crippen molar-refractivity contribution in [2.45, 2.75) is 19.8 Å². The summed E-state index contributed by atoms with van der Waals surface area (Å²) in [6.45, 7) is 3.57. The van der Waals surface area contributed by atoms with E-state index in [0.717, 1.165) is 30.8 Å². The van der Waals surface area contributed by atoms with Gasteiger partial charge in [0.25, 0.3) is 5.91 Å². The summed E-state index contributed by atoms with van der Waals surface area (Å²) in [7, 11) is 0. The molecule has 1 aliphatic heterocycles. The number of likely N-dealkylation sites (tertiary alicyclic amines) is 1. The van der Waals surface area contributed by atoms with Crippen molar-refractivity contribution in [1.82, 2.24) is 4.90 Å². The van der Waals surface area contributed by atoms with Gasteiger partial charge in [-0.05, 0) is 38.0 Å². The van der Waals surface area contributed by atoms with Crippen molar-refractivity contribution in [3.63, 3.8) is 0 Å². The second-order valence-corrected chi connectivity index (χ2v) is 5.44. The van der Waals surface area contributed by atoms with Gasteiger partial charge >= 0.3 is 0 Å². The van der Waals surface area contributed by atoms with Crippen LogP contribution in [0.4, 0.5) is 0 Å². The summed E-state index contributed by atoms with van der Waals surface area (Å²) in [5.41, 5.74) is 0.244. The molecule has 17 heavy (non-hydrogen) atoms. The van der Waals surface area contributed by atoms with Crippen LogP contribution >= 0.6 is 11.3 Å². The van der Waals surface area contributed by atoms with E-state index in [-0.39, 0.29) is 11.5 Å².